The van der Waals surface area contributed by atoms with Gasteiger partial charge in [-0.05, 0) is 46.1 Å². The Morgan fingerprint density at radius 2 is 1.96 bits per heavy atom. The minimum absolute atomic E-state index is 0.0531. The predicted octanol–water partition coefficient (Wildman–Crippen LogP) is 3.28. The molecule has 0 fully saturated rings. The maximum Gasteiger partial charge on any atom is 0.250 e. The average Bonchev–Trinajstić information content (AvgIpc) is 2.60. The molecule has 2 aromatic rings. The van der Waals surface area contributed by atoms with Crippen LogP contribution >= 0.6 is 15.9 Å². The van der Waals surface area contributed by atoms with E-state index in [4.69, 9.17) is 4.74 Å². The van der Waals surface area contributed by atoms with Crippen LogP contribution in [0.25, 0.3) is 0 Å². The highest BCUT2D eigenvalue weighted by Crippen LogP contribution is 2.20. The van der Waals surface area contributed by atoms with Crippen molar-refractivity contribution in [2.24, 2.45) is 0 Å². The van der Waals surface area contributed by atoms with Crippen molar-refractivity contribution in [1.82, 2.24) is 9.88 Å². The molecule has 1 unspecified atom stereocenters. The van der Waals surface area contributed by atoms with Crippen LogP contribution in [0.4, 0.5) is 0 Å². The van der Waals surface area contributed by atoms with Gasteiger partial charge in [-0.2, -0.15) is 0 Å². The molecular weight excluding hydrogens is 372 g/mol. The zero-order valence-electron chi connectivity index (χ0n) is 13.8. The van der Waals surface area contributed by atoms with Gasteiger partial charge in [-0.25, -0.2) is 0 Å². The number of aromatic nitrogens is 1. The Kier molecular flexibility index (Phi) is 6.61. The number of halogens is 1. The van der Waals surface area contributed by atoms with Crippen LogP contribution in [-0.4, -0.2) is 17.6 Å². The van der Waals surface area contributed by atoms with E-state index in [9.17, 15) is 9.59 Å². The first-order chi connectivity index (χ1) is 11.5. The lowest BCUT2D eigenvalue weighted by atomic mass is 10.0. The molecule has 1 amide bonds. The second-order valence-electron chi connectivity index (χ2n) is 5.43. The number of methoxy groups -OCH3 is 1. The molecule has 1 atom stereocenters. The van der Waals surface area contributed by atoms with Crippen LogP contribution in [0.5, 0.6) is 5.75 Å². The van der Waals surface area contributed by atoms with Crippen molar-refractivity contribution in [3.63, 3.8) is 0 Å². The summed E-state index contributed by atoms with van der Waals surface area (Å²) in [7, 11) is 1.62. The summed E-state index contributed by atoms with van der Waals surface area (Å²) in [5.74, 6) is 0.707. The second-order valence-corrected chi connectivity index (χ2v) is 6.35. The molecule has 5 nitrogen and oxygen atoms in total. The molecule has 1 aromatic carbocycles. The Balaban J connectivity index is 1.96. The zero-order valence-corrected chi connectivity index (χ0v) is 15.4. The number of rotatable bonds is 7. The number of nitrogens with zero attached hydrogens (tertiary/aromatic N) is 1. The van der Waals surface area contributed by atoms with Crippen LogP contribution in [0, 0.1) is 0 Å². The van der Waals surface area contributed by atoms with Crippen LogP contribution in [0.1, 0.15) is 31.4 Å². The van der Waals surface area contributed by atoms with Crippen molar-refractivity contribution >= 4 is 21.8 Å². The summed E-state index contributed by atoms with van der Waals surface area (Å²) in [5.41, 5.74) is 0.916. The summed E-state index contributed by atoms with van der Waals surface area (Å²) >= 11 is 3.33. The molecule has 128 valence electrons. The monoisotopic (exact) mass is 392 g/mol. The van der Waals surface area contributed by atoms with E-state index in [0.717, 1.165) is 22.2 Å². The highest BCUT2D eigenvalue weighted by atomic mass is 79.9. The standard InChI is InChI=1S/C18H21BrN2O3/c1-3-16(13-4-7-15(24-2)8-5-13)20-17(22)10-11-21-12-14(19)6-9-18(21)23/h4-9,12,16H,3,10-11H2,1-2H3,(H,20,22). The average molecular weight is 393 g/mol. The molecular formula is C18H21BrN2O3. The number of benzene rings is 1. The summed E-state index contributed by atoms with van der Waals surface area (Å²) < 4.78 is 7.49. The highest BCUT2D eigenvalue weighted by molar-refractivity contribution is 9.10. The molecule has 0 saturated heterocycles. The van der Waals surface area contributed by atoms with E-state index in [1.807, 2.05) is 31.2 Å². The van der Waals surface area contributed by atoms with Gasteiger partial charge in [0.15, 0.2) is 0 Å². The molecule has 6 heteroatoms. The van der Waals surface area contributed by atoms with Gasteiger partial charge >= 0.3 is 0 Å². The Bertz CT molecular complexity index is 741. The quantitative estimate of drug-likeness (QED) is 0.786. The minimum atomic E-state index is -0.117. The lowest BCUT2D eigenvalue weighted by Gasteiger charge is -2.18. The first kappa shape index (κ1) is 18.3. The van der Waals surface area contributed by atoms with Gasteiger partial charge < -0.3 is 14.6 Å². The molecule has 2 rings (SSSR count). The third-order valence-electron chi connectivity index (χ3n) is 3.79. The fraction of sp³-hybridized carbons (Fsp3) is 0.333. The maximum absolute atomic E-state index is 12.2. The summed E-state index contributed by atoms with van der Waals surface area (Å²) in [4.78, 5) is 24.0. The lowest BCUT2D eigenvalue weighted by Crippen LogP contribution is -2.30. The van der Waals surface area contributed by atoms with Gasteiger partial charge in [0.1, 0.15) is 5.75 Å². The number of carbonyl (C=O) groups excluding carboxylic acids is 1. The Labute approximate surface area is 149 Å². The Hall–Kier alpha value is -2.08. The van der Waals surface area contributed by atoms with Gasteiger partial charge in [-0.15, -0.1) is 0 Å². The third-order valence-corrected chi connectivity index (χ3v) is 4.26. The van der Waals surface area contributed by atoms with Crippen LogP contribution < -0.4 is 15.6 Å². The summed E-state index contributed by atoms with van der Waals surface area (Å²) in [6.45, 7) is 2.37. The molecule has 0 saturated carbocycles. The number of ether oxygens (including phenoxy) is 1. The number of hydrogen-bond acceptors (Lipinski definition) is 3. The number of amides is 1. The molecule has 1 N–H and O–H groups in total. The fourth-order valence-corrected chi connectivity index (χ4v) is 2.80. The van der Waals surface area contributed by atoms with Crippen molar-refractivity contribution < 1.29 is 9.53 Å². The van der Waals surface area contributed by atoms with E-state index in [1.54, 1.807) is 19.4 Å². The van der Waals surface area contributed by atoms with Gasteiger partial charge in [-0.1, -0.05) is 19.1 Å². The summed E-state index contributed by atoms with van der Waals surface area (Å²) in [6.07, 6.45) is 2.73. The van der Waals surface area contributed by atoms with Crippen LogP contribution in [0.2, 0.25) is 0 Å². The molecule has 0 bridgehead atoms. The number of aryl methyl sites for hydroxylation is 1. The third kappa shape index (κ3) is 4.96. The predicted molar refractivity (Wildman–Crippen MR) is 97.2 cm³/mol. The van der Waals surface area contributed by atoms with Crippen molar-refractivity contribution in [1.29, 1.82) is 0 Å². The van der Waals surface area contributed by atoms with Gasteiger partial charge in [0.2, 0.25) is 5.91 Å². The van der Waals surface area contributed by atoms with E-state index in [0.29, 0.717) is 6.54 Å². The Morgan fingerprint density at radius 1 is 1.25 bits per heavy atom. The zero-order chi connectivity index (χ0) is 17.5. The van der Waals surface area contributed by atoms with Crippen LogP contribution in [-0.2, 0) is 11.3 Å². The lowest BCUT2D eigenvalue weighted by molar-refractivity contribution is -0.122. The number of carbonyl (C=O) groups is 1. The van der Waals surface area contributed by atoms with Gasteiger partial charge in [0.25, 0.3) is 5.56 Å². The molecule has 24 heavy (non-hydrogen) atoms. The fourth-order valence-electron chi connectivity index (χ4n) is 2.42. The topological polar surface area (TPSA) is 60.3 Å². The molecule has 0 aliphatic rings. The second kappa shape index (κ2) is 8.68. The van der Waals surface area contributed by atoms with Gasteiger partial charge in [0.05, 0.1) is 13.2 Å². The minimum Gasteiger partial charge on any atom is -0.497 e. The first-order valence-electron chi connectivity index (χ1n) is 7.82. The largest absolute Gasteiger partial charge is 0.497 e. The molecule has 1 heterocycles. The number of pyridine rings is 1. The van der Waals surface area contributed by atoms with E-state index >= 15 is 0 Å². The van der Waals surface area contributed by atoms with Crippen LogP contribution in [0.15, 0.2) is 51.9 Å². The molecule has 0 spiro atoms. The van der Waals surface area contributed by atoms with E-state index in [1.165, 1.54) is 10.6 Å². The smallest absolute Gasteiger partial charge is 0.250 e. The number of nitrogens with one attached hydrogen (secondary N) is 1. The number of hydrogen-bond donors (Lipinski definition) is 1. The molecule has 0 aliphatic heterocycles. The SMILES string of the molecule is CCC(NC(=O)CCn1cc(Br)ccc1=O)c1ccc(OC)cc1. The normalized spacial score (nSPS) is 11.8. The van der Waals surface area contributed by atoms with Crippen molar-refractivity contribution in [2.75, 3.05) is 7.11 Å². The maximum atomic E-state index is 12.2. The van der Waals surface area contributed by atoms with Gasteiger partial charge in [-0.3, -0.25) is 9.59 Å². The summed E-state index contributed by atoms with van der Waals surface area (Å²) in [5, 5.41) is 3.02. The molecule has 0 radical (unpaired) electrons. The molecule has 0 aliphatic carbocycles. The molecule has 1 aromatic heterocycles. The van der Waals surface area contributed by atoms with Crippen molar-refractivity contribution in [3.05, 3.63) is 63.0 Å². The summed E-state index contributed by atoms with van der Waals surface area (Å²) in [6, 6.07) is 10.8. The van der Waals surface area contributed by atoms with Crippen LogP contribution in [0.3, 0.4) is 0 Å². The van der Waals surface area contributed by atoms with E-state index < -0.39 is 0 Å². The van der Waals surface area contributed by atoms with Crippen molar-refractivity contribution in [3.8, 4) is 5.75 Å². The van der Waals surface area contributed by atoms with Crippen molar-refractivity contribution in [2.45, 2.75) is 32.4 Å². The highest BCUT2D eigenvalue weighted by Gasteiger charge is 2.13. The Morgan fingerprint density at radius 3 is 2.58 bits per heavy atom. The van der Waals surface area contributed by atoms with E-state index in [-0.39, 0.29) is 23.9 Å². The first-order valence-corrected chi connectivity index (χ1v) is 8.62. The van der Waals surface area contributed by atoms with Gasteiger partial charge in [0, 0.05) is 29.7 Å². The van der Waals surface area contributed by atoms with E-state index in [2.05, 4.69) is 21.2 Å².